The van der Waals surface area contributed by atoms with Gasteiger partial charge in [-0.15, -0.1) is 0 Å². The molecule has 0 aliphatic heterocycles. The lowest BCUT2D eigenvalue weighted by Crippen LogP contribution is -2.19. The second-order valence-corrected chi connectivity index (χ2v) is 5.50. The van der Waals surface area contributed by atoms with Crippen molar-refractivity contribution < 1.29 is 9.59 Å². The summed E-state index contributed by atoms with van der Waals surface area (Å²) in [6, 6.07) is 0. The third kappa shape index (κ3) is 3.05. The van der Waals surface area contributed by atoms with E-state index in [0.29, 0.717) is 36.9 Å². The number of fused-ring (bicyclic) bond motifs is 2. The number of ketones is 2. The number of allylic oxidation sites excluding steroid dienone is 2. The van der Waals surface area contributed by atoms with Crippen molar-refractivity contribution in [2.45, 2.75) is 51.9 Å². The SMILES string of the molecule is CCCCC(=O)CCC(=O)[C@H]1C[C@H]2C=C[C@@H]1C2. The summed E-state index contributed by atoms with van der Waals surface area (Å²) >= 11 is 0. The molecule has 2 aliphatic carbocycles. The Labute approximate surface area is 103 Å². The molecule has 1 fully saturated rings. The smallest absolute Gasteiger partial charge is 0.137 e. The molecule has 0 aromatic rings. The fraction of sp³-hybridized carbons (Fsp3) is 0.733. The number of unbranched alkanes of at least 4 members (excludes halogenated alkanes) is 1. The predicted molar refractivity (Wildman–Crippen MR) is 67.6 cm³/mol. The molecule has 2 rings (SSSR count). The number of hydrogen-bond donors (Lipinski definition) is 0. The van der Waals surface area contributed by atoms with E-state index in [9.17, 15) is 9.59 Å². The fourth-order valence-electron chi connectivity index (χ4n) is 3.10. The Morgan fingerprint density at radius 2 is 1.94 bits per heavy atom. The van der Waals surface area contributed by atoms with Crippen molar-refractivity contribution in [1.29, 1.82) is 0 Å². The normalized spacial score (nSPS) is 29.8. The third-order valence-electron chi connectivity index (χ3n) is 4.15. The lowest BCUT2D eigenvalue weighted by molar-refractivity contribution is -0.127. The average Bonchev–Trinajstić information content (AvgIpc) is 2.95. The van der Waals surface area contributed by atoms with Crippen molar-refractivity contribution >= 4 is 11.6 Å². The number of Topliss-reactive ketones (excluding diaryl/α,β-unsaturated/α-hetero) is 2. The van der Waals surface area contributed by atoms with E-state index in [2.05, 4.69) is 19.1 Å². The molecule has 0 aromatic carbocycles. The van der Waals surface area contributed by atoms with Gasteiger partial charge < -0.3 is 0 Å². The highest BCUT2D eigenvalue weighted by Gasteiger charge is 2.39. The van der Waals surface area contributed by atoms with E-state index in [1.54, 1.807) is 0 Å². The number of carbonyl (C=O) groups is 2. The van der Waals surface area contributed by atoms with Gasteiger partial charge in [0.15, 0.2) is 0 Å². The van der Waals surface area contributed by atoms with Crippen LogP contribution >= 0.6 is 0 Å². The molecule has 0 radical (unpaired) electrons. The zero-order chi connectivity index (χ0) is 12.3. The molecule has 2 aliphatic rings. The van der Waals surface area contributed by atoms with Gasteiger partial charge in [0.2, 0.25) is 0 Å². The highest BCUT2D eigenvalue weighted by Crippen LogP contribution is 2.44. The molecule has 0 unspecified atom stereocenters. The lowest BCUT2D eigenvalue weighted by Gasteiger charge is -2.16. The molecule has 2 nitrogen and oxygen atoms in total. The molecule has 1 saturated carbocycles. The zero-order valence-corrected chi connectivity index (χ0v) is 10.7. The highest BCUT2D eigenvalue weighted by molar-refractivity contribution is 5.87. The molecule has 2 heteroatoms. The van der Waals surface area contributed by atoms with Crippen LogP contribution in [0.5, 0.6) is 0 Å². The number of carbonyl (C=O) groups excluding carboxylic acids is 2. The summed E-state index contributed by atoms with van der Waals surface area (Å²) in [6.07, 6.45) is 10.3. The molecule has 0 heterocycles. The van der Waals surface area contributed by atoms with E-state index in [1.807, 2.05) is 0 Å². The van der Waals surface area contributed by atoms with E-state index < -0.39 is 0 Å². The van der Waals surface area contributed by atoms with Crippen LogP contribution in [0.15, 0.2) is 12.2 Å². The molecule has 0 aromatic heterocycles. The van der Waals surface area contributed by atoms with Crippen LogP contribution in [0.1, 0.15) is 51.9 Å². The van der Waals surface area contributed by atoms with Gasteiger partial charge in [-0.3, -0.25) is 9.59 Å². The minimum atomic E-state index is 0.226. The van der Waals surface area contributed by atoms with Gasteiger partial charge in [-0.25, -0.2) is 0 Å². The molecule has 3 atom stereocenters. The molecule has 2 bridgehead atoms. The predicted octanol–water partition coefficient (Wildman–Crippen LogP) is 3.31. The van der Waals surface area contributed by atoms with Gasteiger partial charge in [-0.05, 0) is 31.1 Å². The van der Waals surface area contributed by atoms with Crippen LogP contribution in [0.25, 0.3) is 0 Å². The van der Waals surface area contributed by atoms with Crippen LogP contribution in [0.2, 0.25) is 0 Å². The summed E-state index contributed by atoms with van der Waals surface area (Å²) in [4.78, 5) is 23.5. The van der Waals surface area contributed by atoms with E-state index in [0.717, 1.165) is 19.3 Å². The summed E-state index contributed by atoms with van der Waals surface area (Å²) in [5.41, 5.74) is 0. The second kappa shape index (κ2) is 5.61. The Bertz CT molecular complexity index is 330. The van der Waals surface area contributed by atoms with Gasteiger partial charge in [0.05, 0.1) is 0 Å². The fourth-order valence-corrected chi connectivity index (χ4v) is 3.10. The monoisotopic (exact) mass is 234 g/mol. The molecule has 0 amide bonds. The van der Waals surface area contributed by atoms with E-state index in [-0.39, 0.29) is 11.7 Å². The maximum atomic E-state index is 12.0. The van der Waals surface area contributed by atoms with Crippen LogP contribution in [0, 0.1) is 17.8 Å². The Balaban J connectivity index is 1.71. The van der Waals surface area contributed by atoms with Gasteiger partial charge in [0, 0.05) is 25.2 Å². The van der Waals surface area contributed by atoms with Crippen molar-refractivity contribution in [2.75, 3.05) is 0 Å². The van der Waals surface area contributed by atoms with Gasteiger partial charge >= 0.3 is 0 Å². The average molecular weight is 234 g/mol. The largest absolute Gasteiger partial charge is 0.300 e. The lowest BCUT2D eigenvalue weighted by atomic mass is 9.87. The summed E-state index contributed by atoms with van der Waals surface area (Å²) < 4.78 is 0. The Kier molecular flexibility index (Phi) is 4.14. The molecular weight excluding hydrogens is 212 g/mol. The Morgan fingerprint density at radius 3 is 2.53 bits per heavy atom. The summed E-state index contributed by atoms with van der Waals surface area (Å²) in [5.74, 6) is 1.94. The van der Waals surface area contributed by atoms with Gasteiger partial charge in [0.25, 0.3) is 0 Å². The second-order valence-electron chi connectivity index (χ2n) is 5.50. The van der Waals surface area contributed by atoms with Gasteiger partial charge in [-0.2, -0.15) is 0 Å². The first-order valence-electron chi connectivity index (χ1n) is 6.93. The molecule has 0 spiro atoms. The maximum Gasteiger partial charge on any atom is 0.137 e. The quantitative estimate of drug-likeness (QED) is 0.633. The van der Waals surface area contributed by atoms with Crippen LogP contribution in [-0.2, 0) is 9.59 Å². The van der Waals surface area contributed by atoms with Crippen molar-refractivity contribution in [3.63, 3.8) is 0 Å². The summed E-state index contributed by atoms with van der Waals surface area (Å²) in [7, 11) is 0. The topological polar surface area (TPSA) is 34.1 Å². The summed E-state index contributed by atoms with van der Waals surface area (Å²) in [6.45, 7) is 2.08. The van der Waals surface area contributed by atoms with Crippen LogP contribution in [0.4, 0.5) is 0 Å². The highest BCUT2D eigenvalue weighted by atomic mass is 16.1. The molecule has 0 N–H and O–H groups in total. The zero-order valence-electron chi connectivity index (χ0n) is 10.7. The minimum absolute atomic E-state index is 0.226. The van der Waals surface area contributed by atoms with Gasteiger partial charge in [0.1, 0.15) is 11.6 Å². The molecule has 94 valence electrons. The third-order valence-corrected chi connectivity index (χ3v) is 4.15. The van der Waals surface area contributed by atoms with Crippen molar-refractivity contribution in [3.05, 3.63) is 12.2 Å². The van der Waals surface area contributed by atoms with E-state index >= 15 is 0 Å². The Morgan fingerprint density at radius 1 is 1.12 bits per heavy atom. The van der Waals surface area contributed by atoms with Crippen LogP contribution < -0.4 is 0 Å². The number of rotatable bonds is 7. The van der Waals surface area contributed by atoms with Crippen LogP contribution in [0.3, 0.4) is 0 Å². The molecule has 0 saturated heterocycles. The molecule has 17 heavy (non-hydrogen) atoms. The minimum Gasteiger partial charge on any atom is -0.300 e. The Hall–Kier alpha value is -0.920. The van der Waals surface area contributed by atoms with E-state index in [1.165, 1.54) is 6.42 Å². The van der Waals surface area contributed by atoms with Gasteiger partial charge in [-0.1, -0.05) is 25.5 Å². The summed E-state index contributed by atoms with van der Waals surface area (Å²) in [5, 5.41) is 0. The molecular formula is C15H22O2. The first-order chi connectivity index (χ1) is 8.20. The maximum absolute atomic E-state index is 12.0. The number of hydrogen-bond acceptors (Lipinski definition) is 2. The standard InChI is InChI=1S/C15H22O2/c1-2-3-4-13(16)7-8-15(17)14-10-11-5-6-12(14)9-11/h5-6,11-12,14H,2-4,7-10H2,1H3/t11-,12+,14-/m0/s1. The van der Waals surface area contributed by atoms with Crippen LogP contribution in [-0.4, -0.2) is 11.6 Å². The van der Waals surface area contributed by atoms with E-state index in [4.69, 9.17) is 0 Å². The first kappa shape index (κ1) is 12.5. The van der Waals surface area contributed by atoms with Crippen molar-refractivity contribution in [1.82, 2.24) is 0 Å². The van der Waals surface area contributed by atoms with Crippen molar-refractivity contribution in [3.8, 4) is 0 Å². The first-order valence-corrected chi connectivity index (χ1v) is 6.93. The van der Waals surface area contributed by atoms with Crippen molar-refractivity contribution in [2.24, 2.45) is 17.8 Å².